The van der Waals surface area contributed by atoms with Crippen LogP contribution in [0.4, 0.5) is 8.39 Å². The van der Waals surface area contributed by atoms with Crippen molar-refractivity contribution in [3.05, 3.63) is 0 Å². The summed E-state index contributed by atoms with van der Waals surface area (Å²) in [7, 11) is -6.33. The Balaban J connectivity index is 0. The Morgan fingerprint density at radius 3 is 1.14 bits per heavy atom. The second-order valence-electron chi connectivity index (χ2n) is 3.35. The Morgan fingerprint density at radius 1 is 1.00 bits per heavy atom. The van der Waals surface area contributed by atoms with E-state index in [0.29, 0.717) is 0 Å². The van der Waals surface area contributed by atoms with Crippen molar-refractivity contribution >= 4 is 15.3 Å². The van der Waals surface area contributed by atoms with Crippen molar-refractivity contribution in [2.75, 3.05) is 24.6 Å². The van der Waals surface area contributed by atoms with Crippen molar-refractivity contribution in [1.29, 1.82) is 0 Å². The molecule has 14 heavy (non-hydrogen) atoms. The van der Waals surface area contributed by atoms with Gasteiger partial charge in [0.2, 0.25) is 0 Å². The molecule has 0 aromatic heterocycles. The van der Waals surface area contributed by atoms with Crippen molar-refractivity contribution in [3.8, 4) is 0 Å². The van der Waals surface area contributed by atoms with Gasteiger partial charge in [-0.2, -0.15) is 0 Å². The second kappa shape index (κ2) is 7.73. The molecule has 0 unspecified atom stereocenters. The Labute approximate surface area is 86.1 Å². The molecule has 90 valence electrons. The van der Waals surface area contributed by atoms with E-state index in [9.17, 15) is 8.39 Å². The van der Waals surface area contributed by atoms with E-state index < -0.39 is 15.3 Å². The molecule has 0 aromatic rings. The van der Waals surface area contributed by atoms with Crippen LogP contribution < -0.4 is 0 Å². The van der Waals surface area contributed by atoms with E-state index in [-0.39, 0.29) is 0 Å². The molecule has 0 aromatic carbocycles. The van der Waals surface area contributed by atoms with Gasteiger partial charge in [-0.15, -0.1) is 8.39 Å². The van der Waals surface area contributed by atoms with Crippen LogP contribution in [0, 0.1) is 0 Å². The van der Waals surface area contributed by atoms with Crippen LogP contribution in [0.15, 0.2) is 0 Å². The van der Waals surface area contributed by atoms with Gasteiger partial charge in [-0.25, -0.2) is 4.57 Å². The van der Waals surface area contributed by atoms with Gasteiger partial charge in [-0.1, -0.05) is 0 Å². The molecule has 0 aliphatic carbocycles. The monoisotopic (exact) mass is 250 g/mol. The molecular weight excluding hydrogens is 228 g/mol. The second-order valence-corrected chi connectivity index (χ2v) is 10.0. The Morgan fingerprint density at radius 2 is 1.14 bits per heavy atom. The zero-order valence-corrected chi connectivity index (χ0v) is 11.3. The number of rotatable bonds is 4. The number of hydrogen-bond donors (Lipinski definition) is 1. The van der Waals surface area contributed by atoms with E-state index in [1.54, 1.807) is 0 Å². The summed E-state index contributed by atoms with van der Waals surface area (Å²) in [4.78, 5) is 6.74. The molecule has 6 heteroatoms. The van der Waals surface area contributed by atoms with Crippen LogP contribution in [0.3, 0.4) is 0 Å². The summed E-state index contributed by atoms with van der Waals surface area (Å²) in [6.07, 6.45) is 5.93. The molecule has 0 fully saturated rings. The zero-order valence-electron chi connectivity index (χ0n) is 9.39. The largest absolute Gasteiger partial charge is 0.549 e. The van der Waals surface area contributed by atoms with Crippen LogP contribution in [0.1, 0.15) is 27.7 Å². The molecule has 0 aliphatic rings. The van der Waals surface area contributed by atoms with Crippen molar-refractivity contribution in [2.24, 2.45) is 0 Å². The first-order valence-corrected chi connectivity index (χ1v) is 9.23. The predicted octanol–water partition coefficient (Wildman–Crippen LogP) is 3.84. The molecule has 0 saturated heterocycles. The van der Waals surface area contributed by atoms with Crippen LogP contribution >= 0.6 is 15.3 Å². The average Bonchev–Trinajstić information content (AvgIpc) is 2.07. The number of hydrogen-bond acceptors (Lipinski definition) is 1. The predicted molar refractivity (Wildman–Crippen MR) is 62.5 cm³/mol. The maximum absolute atomic E-state index is 10.1. The molecule has 0 rings (SSSR count). The normalized spacial score (nSPS) is 13.1. The van der Waals surface area contributed by atoms with E-state index >= 15 is 0 Å². The number of halogens is 2. The minimum absolute atomic E-state index is 0.691. The topological polar surface area (TPSA) is 37.3 Å². The van der Waals surface area contributed by atoms with Crippen LogP contribution in [-0.2, 0) is 4.57 Å². The fourth-order valence-corrected chi connectivity index (χ4v) is 4.50. The van der Waals surface area contributed by atoms with Gasteiger partial charge < -0.3 is 0 Å². The minimum Gasteiger partial charge on any atom is -0.296 e. The fourth-order valence-electron chi connectivity index (χ4n) is 1.50. The summed E-state index contributed by atoms with van der Waals surface area (Å²) < 4.78 is 28.7. The average molecular weight is 250 g/mol. The molecule has 0 amide bonds. The molecule has 0 heterocycles. The summed E-state index contributed by atoms with van der Waals surface area (Å²) >= 11 is 0. The Hall–Kier alpha value is 0.480. The van der Waals surface area contributed by atoms with Crippen LogP contribution in [0.2, 0.25) is 0 Å². The van der Waals surface area contributed by atoms with Crippen molar-refractivity contribution in [3.63, 3.8) is 0 Å². The first-order chi connectivity index (χ1) is 6.24. The zero-order chi connectivity index (χ0) is 11.8. The quantitative estimate of drug-likeness (QED) is 0.769. The SMILES string of the molecule is CC[PH](CC)(CC)CC.O=P(O)(F)F. The molecule has 2 nitrogen and oxygen atoms in total. The van der Waals surface area contributed by atoms with Crippen molar-refractivity contribution in [1.82, 2.24) is 0 Å². The molecule has 0 spiro atoms. The Bertz CT molecular complexity index is 152. The standard InChI is InChI=1S/C8H21P.F2HO2P/c1-5-9(6-2,7-3)8-4;1-5(2,3)4/h9H,5-8H2,1-4H3;(H,3,4). The van der Waals surface area contributed by atoms with Crippen LogP contribution in [0.5, 0.6) is 0 Å². The molecule has 0 aliphatic heterocycles. The summed E-state index contributed by atoms with van der Waals surface area (Å²) in [6, 6.07) is 0. The maximum atomic E-state index is 10.1. The van der Waals surface area contributed by atoms with Gasteiger partial charge in [-0.3, -0.25) is 4.89 Å². The van der Waals surface area contributed by atoms with Crippen LogP contribution in [0.25, 0.3) is 0 Å². The molecule has 1 N–H and O–H groups in total. The third kappa shape index (κ3) is 10.6. The van der Waals surface area contributed by atoms with Crippen LogP contribution in [-0.4, -0.2) is 29.5 Å². The fraction of sp³-hybridized carbons (Fsp3) is 1.00. The molecule has 0 radical (unpaired) electrons. The molecule has 0 saturated carbocycles. The van der Waals surface area contributed by atoms with E-state index in [1.807, 2.05) is 0 Å². The summed E-state index contributed by atoms with van der Waals surface area (Å²) in [6.45, 7) is 9.46. The first-order valence-electron chi connectivity index (χ1n) is 4.96. The molecule has 0 bridgehead atoms. The maximum Gasteiger partial charge on any atom is 0.549 e. The van der Waals surface area contributed by atoms with Gasteiger partial charge >= 0.3 is 67.6 Å². The van der Waals surface area contributed by atoms with E-state index in [0.717, 1.165) is 0 Å². The van der Waals surface area contributed by atoms with E-state index in [4.69, 9.17) is 9.46 Å². The minimum atomic E-state index is -5.64. The summed E-state index contributed by atoms with van der Waals surface area (Å²) in [5.74, 6) is 0. The van der Waals surface area contributed by atoms with Gasteiger partial charge in [0.25, 0.3) is 0 Å². The van der Waals surface area contributed by atoms with Crippen molar-refractivity contribution < 1.29 is 17.9 Å². The third-order valence-electron chi connectivity index (χ3n) is 3.00. The molecule has 0 atom stereocenters. The van der Waals surface area contributed by atoms with E-state index in [2.05, 4.69) is 27.7 Å². The first kappa shape index (κ1) is 16.9. The smallest absolute Gasteiger partial charge is 0.296 e. The summed E-state index contributed by atoms with van der Waals surface area (Å²) in [5, 5.41) is 0. The van der Waals surface area contributed by atoms with E-state index in [1.165, 1.54) is 24.6 Å². The van der Waals surface area contributed by atoms with Gasteiger partial charge in [0.1, 0.15) is 0 Å². The van der Waals surface area contributed by atoms with Gasteiger partial charge in [0, 0.05) is 0 Å². The van der Waals surface area contributed by atoms with Crippen molar-refractivity contribution in [2.45, 2.75) is 27.7 Å². The summed E-state index contributed by atoms with van der Waals surface area (Å²) in [5.41, 5.74) is 0. The third-order valence-corrected chi connectivity index (χ3v) is 9.00. The Kier molecular flexibility index (Phi) is 9.33. The van der Waals surface area contributed by atoms with Gasteiger partial charge in [0.05, 0.1) is 0 Å². The molecular formula is C8H22F2O2P2. The van der Waals surface area contributed by atoms with Gasteiger partial charge in [-0.05, 0) is 0 Å². The van der Waals surface area contributed by atoms with Gasteiger partial charge in [0.15, 0.2) is 0 Å².